The summed E-state index contributed by atoms with van der Waals surface area (Å²) in [6.45, 7) is 0. The molecule has 5 aromatic rings. The van der Waals surface area contributed by atoms with E-state index >= 15 is 0 Å². The lowest BCUT2D eigenvalue weighted by molar-refractivity contribution is -0.00515. The van der Waals surface area contributed by atoms with Gasteiger partial charge >= 0.3 is 0 Å². The molecule has 1 aromatic heterocycles. The Morgan fingerprint density at radius 2 is 1.00 bits per heavy atom. The van der Waals surface area contributed by atoms with Crippen molar-refractivity contribution >= 4 is 0 Å². The minimum Gasteiger partial charge on any atom is -0.208 e. The fourth-order valence-corrected chi connectivity index (χ4v) is 8.37. The topological polar surface area (TPSA) is 62.5 Å². The monoisotopic (exact) mass is 544 g/mol. The molecule has 4 fully saturated rings. The Morgan fingerprint density at radius 1 is 0.524 bits per heavy atom. The summed E-state index contributed by atoms with van der Waals surface area (Å²) in [5.41, 5.74) is 7.58. The third-order valence-electron chi connectivity index (χ3n) is 9.89. The first-order valence-corrected chi connectivity index (χ1v) is 15.2. The normalized spacial score (nSPS) is 23.9. The zero-order valence-electron chi connectivity index (χ0n) is 23.6. The summed E-state index contributed by atoms with van der Waals surface area (Å²) in [7, 11) is 0. The van der Waals surface area contributed by atoms with Crippen molar-refractivity contribution in [1.82, 2.24) is 15.0 Å². The first-order valence-electron chi connectivity index (χ1n) is 15.2. The third kappa shape index (κ3) is 4.50. The van der Waals surface area contributed by atoms with Crippen LogP contribution >= 0.6 is 0 Å². The van der Waals surface area contributed by atoms with Gasteiger partial charge in [0.1, 0.15) is 0 Å². The summed E-state index contributed by atoms with van der Waals surface area (Å²) in [4.78, 5) is 15.1. The van der Waals surface area contributed by atoms with Gasteiger partial charge in [-0.2, -0.15) is 5.26 Å². The van der Waals surface area contributed by atoms with Crippen LogP contribution in [0.5, 0.6) is 0 Å². The number of aromatic nitrogens is 3. The molecule has 204 valence electrons. The fourth-order valence-electron chi connectivity index (χ4n) is 8.37. The quantitative estimate of drug-likeness (QED) is 0.222. The maximum atomic E-state index is 9.40. The molecule has 4 aliphatic carbocycles. The van der Waals surface area contributed by atoms with E-state index in [2.05, 4.69) is 60.7 Å². The molecule has 4 heteroatoms. The summed E-state index contributed by atoms with van der Waals surface area (Å²) in [6, 6.07) is 37.6. The first kappa shape index (κ1) is 25.1. The van der Waals surface area contributed by atoms with Gasteiger partial charge in [0.2, 0.25) is 0 Å². The summed E-state index contributed by atoms with van der Waals surface area (Å²) < 4.78 is 0. The third-order valence-corrected chi connectivity index (χ3v) is 9.89. The molecule has 0 aliphatic heterocycles. The van der Waals surface area contributed by atoms with Gasteiger partial charge in [-0.15, -0.1) is 0 Å². The Bertz CT molecular complexity index is 1710. The average Bonchev–Trinajstić information content (AvgIpc) is 3.04. The smallest absolute Gasteiger partial charge is 0.164 e. The van der Waals surface area contributed by atoms with Crippen LogP contribution in [0.1, 0.15) is 49.7 Å². The van der Waals surface area contributed by atoms with Crippen molar-refractivity contribution in [1.29, 1.82) is 5.26 Å². The van der Waals surface area contributed by atoms with Crippen LogP contribution in [0.2, 0.25) is 0 Å². The lowest BCUT2D eigenvalue weighted by Crippen LogP contribution is -2.48. The van der Waals surface area contributed by atoms with E-state index in [0.717, 1.165) is 45.6 Å². The molecule has 1 heterocycles. The maximum Gasteiger partial charge on any atom is 0.164 e. The van der Waals surface area contributed by atoms with Crippen molar-refractivity contribution in [3.63, 3.8) is 0 Å². The van der Waals surface area contributed by atoms with Gasteiger partial charge in [0.05, 0.1) is 11.6 Å². The van der Waals surface area contributed by atoms with Gasteiger partial charge in [-0.25, -0.2) is 15.0 Å². The van der Waals surface area contributed by atoms with E-state index in [-0.39, 0.29) is 5.41 Å². The van der Waals surface area contributed by atoms with E-state index in [1.165, 1.54) is 44.1 Å². The molecular weight excluding hydrogens is 512 g/mol. The molecule has 0 N–H and O–H groups in total. The van der Waals surface area contributed by atoms with E-state index in [0.29, 0.717) is 23.0 Å². The predicted octanol–water partition coefficient (Wildman–Crippen LogP) is 8.88. The molecule has 4 nitrogen and oxygen atoms in total. The van der Waals surface area contributed by atoms with Gasteiger partial charge in [0.25, 0.3) is 0 Å². The van der Waals surface area contributed by atoms with Gasteiger partial charge in [-0.3, -0.25) is 0 Å². The molecule has 42 heavy (non-hydrogen) atoms. The van der Waals surface area contributed by atoms with Crippen molar-refractivity contribution < 1.29 is 0 Å². The number of hydrogen-bond donors (Lipinski definition) is 0. The van der Waals surface area contributed by atoms with Crippen molar-refractivity contribution in [2.75, 3.05) is 0 Å². The lowest BCUT2D eigenvalue weighted by Gasteiger charge is -2.57. The average molecular weight is 545 g/mol. The second-order valence-corrected chi connectivity index (χ2v) is 12.7. The SMILES string of the molecule is N#Cc1ccc(-c2cc(-c3nc(-c4ccccc4)nc(-c4ccccc4)n3)cc(C34CC5CC(CC(C5)C3)C4)c2)cc1. The molecule has 4 aliphatic rings. The molecule has 0 radical (unpaired) electrons. The van der Waals surface area contributed by atoms with Crippen molar-refractivity contribution in [2.45, 2.75) is 43.9 Å². The van der Waals surface area contributed by atoms with Crippen molar-refractivity contribution in [2.24, 2.45) is 17.8 Å². The molecule has 0 spiro atoms. The van der Waals surface area contributed by atoms with Gasteiger partial charge in [-0.1, -0.05) is 78.9 Å². The Hall–Kier alpha value is -4.62. The number of hydrogen-bond acceptors (Lipinski definition) is 4. The lowest BCUT2D eigenvalue weighted by atomic mass is 9.48. The minimum atomic E-state index is 0.226. The molecule has 4 bridgehead atoms. The van der Waals surface area contributed by atoms with Crippen molar-refractivity contribution in [3.8, 4) is 51.4 Å². The van der Waals surface area contributed by atoms with Gasteiger partial charge in [0.15, 0.2) is 17.5 Å². The minimum absolute atomic E-state index is 0.226. The first-order chi connectivity index (χ1) is 20.6. The molecule has 4 saturated carbocycles. The summed E-state index contributed by atoms with van der Waals surface area (Å²) in [6.07, 6.45) is 8.10. The fraction of sp³-hybridized carbons (Fsp3) is 0.263. The summed E-state index contributed by atoms with van der Waals surface area (Å²) in [5, 5.41) is 9.40. The number of nitriles is 1. The van der Waals surface area contributed by atoms with Gasteiger partial charge < -0.3 is 0 Å². The van der Waals surface area contributed by atoms with Crippen LogP contribution in [-0.4, -0.2) is 15.0 Å². The zero-order valence-corrected chi connectivity index (χ0v) is 23.6. The van der Waals surface area contributed by atoms with Gasteiger partial charge in [0, 0.05) is 16.7 Å². The standard InChI is InChI=1S/C38H32N4/c39-24-25-11-13-29(14-12-25)32-18-33(20-34(19-32)38-21-26-15-27(22-38)17-28(16-26)23-38)37-41-35(30-7-3-1-4-8-30)40-36(42-37)31-9-5-2-6-10-31/h1-14,18-20,26-28H,15-17,21-23H2. The van der Waals surface area contributed by atoms with E-state index in [9.17, 15) is 5.26 Å². The number of rotatable bonds is 5. The highest BCUT2D eigenvalue weighted by molar-refractivity contribution is 5.74. The van der Waals surface area contributed by atoms with Crippen LogP contribution in [0.3, 0.4) is 0 Å². The number of benzene rings is 4. The molecule has 0 atom stereocenters. The molecule has 0 unspecified atom stereocenters. The highest BCUT2D eigenvalue weighted by Gasteiger charge is 2.51. The van der Waals surface area contributed by atoms with E-state index in [1.807, 2.05) is 48.5 Å². The van der Waals surface area contributed by atoms with Gasteiger partial charge in [-0.05, 0) is 103 Å². The Balaban J connectivity index is 1.32. The van der Waals surface area contributed by atoms with E-state index in [1.54, 1.807) is 0 Å². The van der Waals surface area contributed by atoms with E-state index in [4.69, 9.17) is 15.0 Å². The Labute approximate surface area is 247 Å². The Kier molecular flexibility index (Phi) is 6.00. The molecule has 0 saturated heterocycles. The molecule has 9 rings (SSSR count). The van der Waals surface area contributed by atoms with Crippen LogP contribution in [0, 0.1) is 29.1 Å². The molecule has 4 aromatic carbocycles. The van der Waals surface area contributed by atoms with Crippen LogP contribution in [0.25, 0.3) is 45.3 Å². The zero-order chi connectivity index (χ0) is 28.1. The largest absolute Gasteiger partial charge is 0.208 e. The van der Waals surface area contributed by atoms with Crippen molar-refractivity contribution in [3.05, 3.63) is 114 Å². The Morgan fingerprint density at radius 3 is 1.50 bits per heavy atom. The second kappa shape index (κ2) is 10.0. The van der Waals surface area contributed by atoms with Crippen LogP contribution in [0.15, 0.2) is 103 Å². The van der Waals surface area contributed by atoms with Crippen LogP contribution in [0.4, 0.5) is 0 Å². The van der Waals surface area contributed by atoms with Crippen LogP contribution < -0.4 is 0 Å². The molecule has 0 amide bonds. The predicted molar refractivity (Wildman–Crippen MR) is 166 cm³/mol. The number of nitrogens with zero attached hydrogens (tertiary/aromatic N) is 4. The maximum absolute atomic E-state index is 9.40. The second-order valence-electron chi connectivity index (χ2n) is 12.7. The highest BCUT2D eigenvalue weighted by Crippen LogP contribution is 2.61. The molecular formula is C38H32N4. The summed E-state index contributed by atoms with van der Waals surface area (Å²) in [5.74, 6) is 4.61. The van der Waals surface area contributed by atoms with E-state index < -0.39 is 0 Å². The van der Waals surface area contributed by atoms with Crippen LogP contribution in [-0.2, 0) is 5.41 Å². The highest BCUT2D eigenvalue weighted by atomic mass is 15.0. The summed E-state index contributed by atoms with van der Waals surface area (Å²) >= 11 is 0.